The van der Waals surface area contributed by atoms with E-state index in [2.05, 4.69) is 189 Å². The van der Waals surface area contributed by atoms with Gasteiger partial charge in [-0.15, -0.1) is 0 Å². The molecule has 47 heavy (non-hydrogen) atoms. The molecule has 0 atom stereocenters. The van der Waals surface area contributed by atoms with Crippen LogP contribution in [0.15, 0.2) is 170 Å². The number of hydrogen-bond donors (Lipinski definition) is 1. The summed E-state index contributed by atoms with van der Waals surface area (Å²) in [5.41, 5.74) is 17.2. The van der Waals surface area contributed by atoms with Crippen molar-refractivity contribution < 1.29 is 0 Å². The van der Waals surface area contributed by atoms with Crippen LogP contribution >= 0.6 is 0 Å². The zero-order valence-electron chi connectivity index (χ0n) is 26.7. The molecule has 0 heterocycles. The van der Waals surface area contributed by atoms with Crippen molar-refractivity contribution in [3.05, 3.63) is 203 Å². The number of hydrogen-bond acceptors (Lipinski definition) is 1. The van der Waals surface area contributed by atoms with Crippen LogP contribution in [-0.2, 0) is 10.8 Å². The predicted octanol–water partition coefficient (Wildman–Crippen LogP) is 11.8. The van der Waals surface area contributed by atoms with Gasteiger partial charge in [0.1, 0.15) is 0 Å². The Morgan fingerprint density at radius 3 is 1.57 bits per heavy atom. The average Bonchev–Trinajstić information content (AvgIpc) is 3.54. The topological polar surface area (TPSA) is 12.0 Å². The van der Waals surface area contributed by atoms with Crippen LogP contribution in [0.3, 0.4) is 0 Å². The Kier molecular flexibility index (Phi) is 6.14. The Bertz CT molecular complexity index is 2240. The van der Waals surface area contributed by atoms with Crippen LogP contribution in [0.4, 0.5) is 11.4 Å². The normalized spacial score (nSPS) is 14.5. The molecular weight excluding hydrogens is 567 g/mol. The van der Waals surface area contributed by atoms with Crippen LogP contribution in [0.1, 0.15) is 47.2 Å². The molecule has 1 heteroatoms. The average molecular weight is 602 g/mol. The molecule has 0 amide bonds. The fourth-order valence-corrected chi connectivity index (χ4v) is 8.39. The van der Waals surface area contributed by atoms with Gasteiger partial charge in [-0.25, -0.2) is 0 Å². The van der Waals surface area contributed by atoms with Crippen molar-refractivity contribution in [2.45, 2.75) is 24.7 Å². The van der Waals surface area contributed by atoms with Crippen molar-refractivity contribution in [3.63, 3.8) is 0 Å². The van der Waals surface area contributed by atoms with Crippen LogP contribution in [0, 0.1) is 0 Å². The van der Waals surface area contributed by atoms with Crippen molar-refractivity contribution in [1.82, 2.24) is 0 Å². The summed E-state index contributed by atoms with van der Waals surface area (Å²) < 4.78 is 0. The minimum atomic E-state index is -0.457. The summed E-state index contributed by atoms with van der Waals surface area (Å²) in [5, 5.41) is 3.96. The molecule has 0 bridgehead atoms. The summed E-state index contributed by atoms with van der Waals surface area (Å²) in [5.74, 6) is 0. The Morgan fingerprint density at radius 2 is 0.915 bits per heavy atom. The standard InChI is InChI=1S/C46H35N/c1-45(2)40-24-14-12-22-35(40)37-27-26-34(28-42(37)45)47-44-30-43-39(29-38(44)31-16-6-3-7-17-31)36-23-13-15-25-41(36)46(43,32-18-8-4-9-19-32)33-20-10-5-11-21-33/h3-30,47H,1-2H3. The van der Waals surface area contributed by atoms with Crippen LogP contribution in [0.25, 0.3) is 33.4 Å². The number of nitrogens with one attached hydrogen (secondary N) is 1. The molecule has 7 aromatic carbocycles. The van der Waals surface area contributed by atoms with Crippen molar-refractivity contribution in [1.29, 1.82) is 0 Å². The first-order chi connectivity index (χ1) is 23.1. The highest BCUT2D eigenvalue weighted by molar-refractivity contribution is 5.94. The summed E-state index contributed by atoms with van der Waals surface area (Å²) in [6.45, 7) is 4.69. The van der Waals surface area contributed by atoms with E-state index in [0.29, 0.717) is 0 Å². The Balaban J connectivity index is 1.30. The molecule has 0 spiro atoms. The molecule has 1 nitrogen and oxygen atoms in total. The van der Waals surface area contributed by atoms with Gasteiger partial charge in [-0.1, -0.05) is 159 Å². The highest BCUT2D eigenvalue weighted by Crippen LogP contribution is 2.58. The molecule has 2 aliphatic carbocycles. The molecule has 0 aliphatic heterocycles. The third-order valence-corrected chi connectivity index (χ3v) is 10.5. The largest absolute Gasteiger partial charge is 0.355 e. The highest BCUT2D eigenvalue weighted by atomic mass is 14.9. The van der Waals surface area contributed by atoms with Gasteiger partial charge >= 0.3 is 0 Å². The Hall–Kier alpha value is -5.66. The summed E-state index contributed by atoms with van der Waals surface area (Å²) in [6.07, 6.45) is 0. The van der Waals surface area contributed by atoms with Gasteiger partial charge in [0, 0.05) is 22.4 Å². The van der Waals surface area contributed by atoms with Gasteiger partial charge in [0.05, 0.1) is 5.41 Å². The van der Waals surface area contributed by atoms with E-state index in [9.17, 15) is 0 Å². The Morgan fingerprint density at radius 1 is 0.383 bits per heavy atom. The van der Waals surface area contributed by atoms with Crippen molar-refractivity contribution in [3.8, 4) is 33.4 Å². The lowest BCUT2D eigenvalue weighted by atomic mass is 9.67. The van der Waals surface area contributed by atoms with E-state index in [1.54, 1.807) is 0 Å². The molecule has 224 valence electrons. The first-order valence-corrected chi connectivity index (χ1v) is 16.5. The van der Waals surface area contributed by atoms with Gasteiger partial charge in [-0.2, -0.15) is 0 Å². The van der Waals surface area contributed by atoms with Crippen LogP contribution < -0.4 is 5.32 Å². The summed E-state index contributed by atoms with van der Waals surface area (Å²) >= 11 is 0. The first-order valence-electron chi connectivity index (χ1n) is 16.5. The van der Waals surface area contributed by atoms with E-state index >= 15 is 0 Å². The molecule has 0 saturated heterocycles. The maximum absolute atomic E-state index is 3.96. The molecule has 0 aromatic heterocycles. The molecule has 9 rings (SSSR count). The highest BCUT2D eigenvalue weighted by Gasteiger charge is 2.46. The lowest BCUT2D eigenvalue weighted by Crippen LogP contribution is -2.28. The molecule has 1 N–H and O–H groups in total. The maximum atomic E-state index is 3.96. The smallest absolute Gasteiger partial charge is 0.0714 e. The lowest BCUT2D eigenvalue weighted by Gasteiger charge is -2.34. The number of rotatable bonds is 5. The number of anilines is 2. The van der Waals surface area contributed by atoms with E-state index in [0.717, 1.165) is 11.4 Å². The third-order valence-electron chi connectivity index (χ3n) is 10.5. The minimum Gasteiger partial charge on any atom is -0.355 e. The second-order valence-electron chi connectivity index (χ2n) is 13.4. The molecule has 0 saturated carbocycles. The summed E-state index contributed by atoms with van der Waals surface area (Å²) in [6, 6.07) is 62.5. The zero-order valence-corrected chi connectivity index (χ0v) is 26.7. The van der Waals surface area contributed by atoms with Crippen molar-refractivity contribution >= 4 is 11.4 Å². The quantitative estimate of drug-likeness (QED) is 0.207. The third kappa shape index (κ3) is 4.03. The van der Waals surface area contributed by atoms with Gasteiger partial charge < -0.3 is 5.32 Å². The molecule has 0 radical (unpaired) electrons. The van der Waals surface area contributed by atoms with Gasteiger partial charge in [0.2, 0.25) is 0 Å². The van der Waals surface area contributed by atoms with E-state index in [-0.39, 0.29) is 5.41 Å². The SMILES string of the molecule is CC1(C)c2ccccc2-c2ccc(Nc3cc4c(cc3-c3ccccc3)-c3ccccc3C4(c3ccccc3)c3ccccc3)cc21. The molecular formula is C46H35N. The van der Waals surface area contributed by atoms with Gasteiger partial charge in [-0.05, 0) is 85.5 Å². The Labute approximate surface area is 277 Å². The van der Waals surface area contributed by atoms with E-state index in [1.165, 1.54) is 66.8 Å². The zero-order chi connectivity index (χ0) is 31.6. The lowest BCUT2D eigenvalue weighted by molar-refractivity contribution is 0.660. The van der Waals surface area contributed by atoms with Crippen molar-refractivity contribution in [2.24, 2.45) is 0 Å². The monoisotopic (exact) mass is 601 g/mol. The van der Waals surface area contributed by atoms with Crippen LogP contribution in [-0.4, -0.2) is 0 Å². The number of fused-ring (bicyclic) bond motifs is 6. The summed E-state index contributed by atoms with van der Waals surface area (Å²) in [4.78, 5) is 0. The van der Waals surface area contributed by atoms with Crippen molar-refractivity contribution in [2.75, 3.05) is 5.32 Å². The molecule has 0 fully saturated rings. The second kappa shape index (κ2) is 10.4. The first kappa shape index (κ1) is 27.6. The fourth-order valence-electron chi connectivity index (χ4n) is 8.39. The molecule has 7 aromatic rings. The molecule has 0 unspecified atom stereocenters. The minimum absolute atomic E-state index is 0.0682. The van der Waals surface area contributed by atoms with E-state index in [4.69, 9.17) is 0 Å². The van der Waals surface area contributed by atoms with Crippen LogP contribution in [0.2, 0.25) is 0 Å². The van der Waals surface area contributed by atoms with Crippen LogP contribution in [0.5, 0.6) is 0 Å². The van der Waals surface area contributed by atoms with Gasteiger partial charge in [0.25, 0.3) is 0 Å². The van der Waals surface area contributed by atoms with E-state index in [1.807, 2.05) is 0 Å². The molecule has 2 aliphatic rings. The summed E-state index contributed by atoms with van der Waals surface area (Å²) in [7, 11) is 0. The van der Waals surface area contributed by atoms with Gasteiger partial charge in [-0.3, -0.25) is 0 Å². The number of benzene rings is 7. The predicted molar refractivity (Wildman–Crippen MR) is 196 cm³/mol. The fraction of sp³-hybridized carbons (Fsp3) is 0.0870. The second-order valence-corrected chi connectivity index (χ2v) is 13.4. The van der Waals surface area contributed by atoms with Gasteiger partial charge in [0.15, 0.2) is 0 Å². The maximum Gasteiger partial charge on any atom is 0.0714 e. The van der Waals surface area contributed by atoms with E-state index < -0.39 is 5.41 Å².